The monoisotopic (exact) mass is 358 g/mol. The van der Waals surface area contributed by atoms with E-state index >= 15 is 0 Å². The quantitative estimate of drug-likeness (QED) is 0.467. The van der Waals surface area contributed by atoms with Crippen molar-refractivity contribution in [2.45, 2.75) is 77.9 Å². The lowest BCUT2D eigenvalue weighted by molar-refractivity contribution is 0.0697. The van der Waals surface area contributed by atoms with E-state index in [0.717, 1.165) is 18.4 Å². The third kappa shape index (κ3) is 5.22. The first-order valence-corrected chi connectivity index (χ1v) is 11.7. The molecule has 1 unspecified atom stereocenters. The maximum Gasteiger partial charge on any atom is 0.335 e. The molecule has 0 aliphatic rings. The van der Waals surface area contributed by atoms with Crippen LogP contribution in [0.1, 0.15) is 70.8 Å². The molecule has 0 saturated heterocycles. The van der Waals surface area contributed by atoms with Crippen molar-refractivity contribution in [3.8, 4) is 11.5 Å². The Bertz CT molecular complexity index is 596. The van der Waals surface area contributed by atoms with Crippen LogP contribution >= 0.6 is 0 Å². The molecule has 0 spiro atoms. The van der Waals surface area contributed by atoms with Crippen LogP contribution in [-0.4, -0.2) is 19.1 Å². The van der Waals surface area contributed by atoms with Crippen molar-refractivity contribution in [1.82, 2.24) is 0 Å². The smallest absolute Gasteiger partial charge is 0.335 e. The van der Waals surface area contributed by atoms with E-state index in [4.69, 9.17) is 5.11 Å². The summed E-state index contributed by atoms with van der Waals surface area (Å²) in [5.41, 5.74) is 7.27. The largest absolute Gasteiger partial charge is 0.478 e. The zero-order valence-electron chi connectivity index (χ0n) is 16.9. The van der Waals surface area contributed by atoms with Crippen molar-refractivity contribution < 1.29 is 9.90 Å². The van der Waals surface area contributed by atoms with Crippen LogP contribution < -0.4 is 0 Å². The summed E-state index contributed by atoms with van der Waals surface area (Å²) >= 11 is 0. The van der Waals surface area contributed by atoms with E-state index in [1.54, 1.807) is 12.1 Å². The van der Waals surface area contributed by atoms with E-state index < -0.39 is 14.0 Å². The molecule has 0 radical (unpaired) electrons. The van der Waals surface area contributed by atoms with Gasteiger partial charge in [0.05, 0.1) is 5.56 Å². The van der Waals surface area contributed by atoms with Gasteiger partial charge < -0.3 is 5.11 Å². The van der Waals surface area contributed by atoms with Gasteiger partial charge in [0.1, 0.15) is 8.07 Å². The zero-order chi connectivity index (χ0) is 19.2. The number of carbonyl (C=O) groups is 1. The van der Waals surface area contributed by atoms with Crippen molar-refractivity contribution in [2.75, 3.05) is 0 Å². The van der Waals surface area contributed by atoms with Gasteiger partial charge in [-0.3, -0.25) is 0 Å². The lowest BCUT2D eigenvalue weighted by atomic mass is 9.97. The molecule has 2 nitrogen and oxygen atoms in total. The molecule has 3 heteroatoms. The van der Waals surface area contributed by atoms with E-state index in [-0.39, 0.29) is 0 Å². The molecule has 1 aromatic carbocycles. The van der Waals surface area contributed by atoms with Crippen LogP contribution in [0.2, 0.25) is 16.6 Å². The van der Waals surface area contributed by atoms with E-state index in [0.29, 0.717) is 28.1 Å². The third-order valence-corrected chi connectivity index (χ3v) is 11.8. The lowest BCUT2D eigenvalue weighted by Gasteiger charge is -2.38. The van der Waals surface area contributed by atoms with Crippen LogP contribution in [0.25, 0.3) is 0 Å². The summed E-state index contributed by atoms with van der Waals surface area (Å²) < 4.78 is 0. The molecule has 0 amide bonds. The average Bonchev–Trinajstić information content (AvgIpc) is 2.53. The topological polar surface area (TPSA) is 37.3 Å². The van der Waals surface area contributed by atoms with Gasteiger partial charge in [-0.25, -0.2) is 4.79 Å². The molecule has 1 aromatic rings. The normalized spacial score (nSPS) is 13.0. The third-order valence-electron chi connectivity index (χ3n) is 5.53. The second-order valence-corrected chi connectivity index (χ2v) is 13.6. The summed E-state index contributed by atoms with van der Waals surface area (Å²) in [6.07, 6.45) is 1.91. The fourth-order valence-corrected chi connectivity index (χ4v) is 9.35. The van der Waals surface area contributed by atoms with E-state index in [1.165, 1.54) is 0 Å². The maximum absolute atomic E-state index is 11.0. The Labute approximate surface area is 155 Å². The van der Waals surface area contributed by atoms with Crippen LogP contribution in [0.4, 0.5) is 0 Å². The van der Waals surface area contributed by atoms with Crippen molar-refractivity contribution >= 4 is 14.0 Å². The predicted molar refractivity (Wildman–Crippen MR) is 110 cm³/mol. The fraction of sp³-hybridized carbons (Fsp3) is 0.591. The minimum absolute atomic E-state index is 0.332. The molecular formula is C22H34O2Si. The highest BCUT2D eigenvalue weighted by Gasteiger charge is 2.41. The molecule has 0 saturated carbocycles. The van der Waals surface area contributed by atoms with E-state index in [2.05, 4.69) is 59.9 Å². The number of hydrogen-bond donors (Lipinski definition) is 1. The van der Waals surface area contributed by atoms with E-state index in [9.17, 15) is 4.79 Å². The predicted octanol–water partition coefficient (Wildman–Crippen LogP) is 6.17. The Kier molecular flexibility index (Phi) is 7.95. The zero-order valence-corrected chi connectivity index (χ0v) is 17.9. The summed E-state index contributed by atoms with van der Waals surface area (Å²) in [5.74, 6) is 3.09. The molecule has 0 fully saturated rings. The van der Waals surface area contributed by atoms with Crippen molar-refractivity contribution in [1.29, 1.82) is 0 Å². The van der Waals surface area contributed by atoms with Crippen molar-refractivity contribution in [2.24, 2.45) is 5.92 Å². The SMILES string of the molecule is CCC(C#C[Si](C(C)C)(C(C)C)C(C)C)Cc1ccc(C(=O)O)cc1. The molecular weight excluding hydrogens is 324 g/mol. The minimum atomic E-state index is -1.69. The second kappa shape index (κ2) is 9.24. The van der Waals surface area contributed by atoms with Gasteiger partial charge in [0, 0.05) is 5.92 Å². The summed E-state index contributed by atoms with van der Waals surface area (Å²) in [4.78, 5) is 11.0. The van der Waals surface area contributed by atoms with Gasteiger partial charge >= 0.3 is 5.97 Å². The Balaban J connectivity index is 3.05. The Morgan fingerprint density at radius 2 is 1.48 bits per heavy atom. The first kappa shape index (κ1) is 21.5. The summed E-state index contributed by atoms with van der Waals surface area (Å²) in [6.45, 7) is 16.2. The molecule has 0 aliphatic carbocycles. The highest BCUT2D eigenvalue weighted by Crippen LogP contribution is 2.40. The molecule has 1 atom stereocenters. The molecule has 0 heterocycles. The number of carboxylic acids is 1. The number of aromatic carboxylic acids is 1. The van der Waals surface area contributed by atoms with Crippen molar-refractivity contribution in [3.63, 3.8) is 0 Å². The molecule has 0 bridgehead atoms. The summed E-state index contributed by atoms with van der Waals surface area (Å²) in [5, 5.41) is 9.02. The maximum atomic E-state index is 11.0. The molecule has 1 rings (SSSR count). The van der Waals surface area contributed by atoms with Crippen LogP contribution in [0.3, 0.4) is 0 Å². The van der Waals surface area contributed by atoms with Gasteiger partial charge in [-0.2, -0.15) is 0 Å². The van der Waals surface area contributed by atoms with Crippen LogP contribution in [0.15, 0.2) is 24.3 Å². The lowest BCUT2D eigenvalue weighted by Crippen LogP contribution is -2.43. The van der Waals surface area contributed by atoms with Gasteiger partial charge in [0.2, 0.25) is 0 Å². The molecule has 138 valence electrons. The number of hydrogen-bond acceptors (Lipinski definition) is 1. The van der Waals surface area contributed by atoms with Crippen molar-refractivity contribution in [3.05, 3.63) is 35.4 Å². The van der Waals surface area contributed by atoms with Gasteiger partial charge in [0.25, 0.3) is 0 Å². The van der Waals surface area contributed by atoms with Gasteiger partial charge in [-0.15, -0.1) is 11.5 Å². The van der Waals surface area contributed by atoms with Gasteiger partial charge in [-0.05, 0) is 47.2 Å². The van der Waals surface area contributed by atoms with Crippen LogP contribution in [-0.2, 0) is 6.42 Å². The molecule has 1 N–H and O–H groups in total. The average molecular weight is 359 g/mol. The first-order chi connectivity index (χ1) is 11.6. The fourth-order valence-electron chi connectivity index (χ4n) is 4.03. The second-order valence-electron chi connectivity index (χ2n) is 7.98. The Morgan fingerprint density at radius 3 is 1.84 bits per heavy atom. The minimum Gasteiger partial charge on any atom is -0.478 e. The molecule has 0 aromatic heterocycles. The summed E-state index contributed by atoms with van der Waals surface area (Å²) in [7, 11) is -1.69. The number of benzene rings is 1. The summed E-state index contributed by atoms with van der Waals surface area (Å²) in [6, 6.07) is 7.22. The van der Waals surface area contributed by atoms with Gasteiger partial charge in [0.15, 0.2) is 0 Å². The van der Waals surface area contributed by atoms with Gasteiger partial charge in [-0.1, -0.05) is 60.6 Å². The van der Waals surface area contributed by atoms with Crippen LogP contribution in [0, 0.1) is 17.4 Å². The first-order valence-electron chi connectivity index (χ1n) is 9.50. The number of carboxylic acid groups (broad SMARTS) is 1. The molecule has 25 heavy (non-hydrogen) atoms. The molecule has 0 aliphatic heterocycles. The van der Waals surface area contributed by atoms with E-state index in [1.807, 2.05) is 12.1 Å². The standard InChI is InChI=1S/C22H34O2Si/c1-8-19(15-20-9-11-21(12-10-20)22(23)24)13-14-25(16(2)3,17(4)5)18(6)7/h9-12,16-19H,8,15H2,1-7H3,(H,23,24). The highest BCUT2D eigenvalue weighted by atomic mass is 28.3. The Hall–Kier alpha value is -1.53. The number of rotatable bonds is 7. The van der Waals surface area contributed by atoms with Crippen LogP contribution in [0.5, 0.6) is 0 Å². The Morgan fingerprint density at radius 1 is 1.00 bits per heavy atom. The highest BCUT2D eigenvalue weighted by molar-refractivity contribution is 6.90.